The average Bonchev–Trinajstić information content (AvgIpc) is 3.03. The summed E-state index contributed by atoms with van der Waals surface area (Å²) in [5, 5.41) is 2.17. The molecule has 3 aromatic heterocycles. The van der Waals surface area contributed by atoms with Crippen molar-refractivity contribution in [3.8, 4) is 5.69 Å². The Morgan fingerprint density at radius 3 is 2.54 bits per heavy atom. The number of thiophene rings is 1. The molecule has 0 atom stereocenters. The van der Waals surface area contributed by atoms with Crippen LogP contribution >= 0.6 is 22.9 Å². The van der Waals surface area contributed by atoms with Crippen molar-refractivity contribution in [3.05, 3.63) is 50.6 Å². The van der Waals surface area contributed by atoms with E-state index in [2.05, 4.69) is 4.98 Å². The molecule has 4 rings (SSSR count). The molecule has 0 bridgehead atoms. The Labute approximate surface area is 168 Å². The maximum atomic E-state index is 13.2. The van der Waals surface area contributed by atoms with Crippen LogP contribution in [0.4, 0.5) is 13.2 Å². The second-order valence-electron chi connectivity index (χ2n) is 7.14. The van der Waals surface area contributed by atoms with Crippen molar-refractivity contribution in [2.24, 2.45) is 5.92 Å². The summed E-state index contributed by atoms with van der Waals surface area (Å²) >= 11 is 7.19. The van der Waals surface area contributed by atoms with Gasteiger partial charge in [-0.05, 0) is 55.7 Å². The molecular formula is C19H17ClF3N3OS. The van der Waals surface area contributed by atoms with E-state index in [4.69, 9.17) is 16.6 Å². The predicted molar refractivity (Wildman–Crippen MR) is 104 cm³/mol. The first-order valence-electron chi connectivity index (χ1n) is 8.95. The number of hydrogen-bond acceptors (Lipinski definition) is 4. The second-order valence-corrected chi connectivity index (χ2v) is 8.40. The molecule has 1 saturated carbocycles. The highest BCUT2D eigenvalue weighted by Gasteiger charge is 2.42. The molecule has 1 aliphatic carbocycles. The Balaban J connectivity index is 1.83. The topological polar surface area (TPSA) is 47.8 Å². The number of aromatic nitrogens is 3. The molecule has 0 aromatic carbocycles. The minimum atomic E-state index is -4.17. The maximum absolute atomic E-state index is 13.2. The number of nitrogens with zero attached hydrogens (tertiary/aromatic N) is 3. The number of pyridine rings is 1. The molecule has 148 valence electrons. The van der Waals surface area contributed by atoms with Crippen molar-refractivity contribution in [3.63, 3.8) is 0 Å². The van der Waals surface area contributed by atoms with Crippen molar-refractivity contribution < 1.29 is 13.2 Å². The van der Waals surface area contributed by atoms with Crippen LogP contribution in [0.15, 0.2) is 28.5 Å². The van der Waals surface area contributed by atoms with Crippen molar-refractivity contribution in [2.75, 3.05) is 0 Å². The molecular weight excluding hydrogens is 411 g/mol. The molecule has 3 heterocycles. The molecule has 4 nitrogen and oxygen atoms in total. The lowest BCUT2D eigenvalue weighted by atomic mass is 9.81. The fourth-order valence-electron chi connectivity index (χ4n) is 3.80. The zero-order valence-electron chi connectivity index (χ0n) is 15.0. The monoisotopic (exact) mass is 427 g/mol. The number of halogens is 4. The van der Waals surface area contributed by atoms with Gasteiger partial charge in [-0.3, -0.25) is 9.36 Å². The van der Waals surface area contributed by atoms with Crippen LogP contribution in [0.5, 0.6) is 0 Å². The number of rotatable bonds is 2. The average molecular weight is 428 g/mol. The van der Waals surface area contributed by atoms with E-state index in [0.717, 1.165) is 5.56 Å². The predicted octanol–water partition coefficient (Wildman–Crippen LogP) is 5.64. The van der Waals surface area contributed by atoms with Gasteiger partial charge in [-0.15, -0.1) is 11.3 Å². The van der Waals surface area contributed by atoms with Crippen molar-refractivity contribution in [1.29, 1.82) is 0 Å². The van der Waals surface area contributed by atoms with Crippen LogP contribution < -0.4 is 5.56 Å². The largest absolute Gasteiger partial charge is 0.391 e. The molecule has 0 amide bonds. The van der Waals surface area contributed by atoms with Gasteiger partial charge >= 0.3 is 6.18 Å². The Morgan fingerprint density at radius 1 is 1.21 bits per heavy atom. The van der Waals surface area contributed by atoms with Gasteiger partial charge in [-0.25, -0.2) is 9.97 Å². The number of alkyl halides is 3. The first-order chi connectivity index (χ1) is 13.3. The minimum absolute atomic E-state index is 0.0452. The summed E-state index contributed by atoms with van der Waals surface area (Å²) in [5.41, 5.74) is 1.81. The lowest BCUT2D eigenvalue weighted by Crippen LogP contribution is -2.30. The van der Waals surface area contributed by atoms with E-state index in [1.165, 1.54) is 22.1 Å². The van der Waals surface area contributed by atoms with Crippen LogP contribution in [0.25, 0.3) is 15.9 Å². The Kier molecular flexibility index (Phi) is 4.95. The third-order valence-corrected chi connectivity index (χ3v) is 6.62. The second kappa shape index (κ2) is 7.15. The highest BCUT2D eigenvalue weighted by atomic mass is 35.5. The van der Waals surface area contributed by atoms with Crippen LogP contribution in [-0.4, -0.2) is 20.7 Å². The summed E-state index contributed by atoms with van der Waals surface area (Å²) in [5.74, 6) is -0.998. The smallest absolute Gasteiger partial charge is 0.267 e. The third-order valence-electron chi connectivity index (χ3n) is 5.32. The molecule has 3 aromatic rings. The number of hydrogen-bond donors (Lipinski definition) is 0. The van der Waals surface area contributed by atoms with Crippen LogP contribution in [0.2, 0.25) is 5.15 Å². The minimum Gasteiger partial charge on any atom is -0.267 e. The normalized spacial score (nSPS) is 20.6. The van der Waals surface area contributed by atoms with Gasteiger partial charge in [0.1, 0.15) is 15.7 Å². The summed E-state index contributed by atoms with van der Waals surface area (Å²) in [7, 11) is 0. The maximum Gasteiger partial charge on any atom is 0.391 e. The molecule has 0 unspecified atom stereocenters. The molecule has 0 saturated heterocycles. The summed E-state index contributed by atoms with van der Waals surface area (Å²) in [6.45, 7) is 1.88. The van der Waals surface area contributed by atoms with Crippen LogP contribution in [0, 0.1) is 12.8 Å². The fraction of sp³-hybridized carbons (Fsp3) is 0.421. The highest BCUT2D eigenvalue weighted by Crippen LogP contribution is 2.43. The van der Waals surface area contributed by atoms with Crippen molar-refractivity contribution in [1.82, 2.24) is 14.5 Å². The Hall–Kier alpha value is -1.93. The summed E-state index contributed by atoms with van der Waals surface area (Å²) in [4.78, 5) is 22.0. The number of aryl methyl sites for hydroxylation is 1. The third kappa shape index (κ3) is 3.43. The zero-order chi connectivity index (χ0) is 20.1. The quantitative estimate of drug-likeness (QED) is 0.497. The molecule has 1 aliphatic rings. The van der Waals surface area contributed by atoms with Crippen LogP contribution in [0.3, 0.4) is 0 Å². The highest BCUT2D eigenvalue weighted by molar-refractivity contribution is 7.17. The molecule has 9 heteroatoms. The Morgan fingerprint density at radius 2 is 1.93 bits per heavy atom. The fourth-order valence-corrected chi connectivity index (χ4v) is 4.83. The van der Waals surface area contributed by atoms with Gasteiger partial charge in [0.15, 0.2) is 0 Å². The lowest BCUT2D eigenvalue weighted by molar-refractivity contribution is -0.182. The molecule has 0 aliphatic heterocycles. The van der Waals surface area contributed by atoms with Crippen LogP contribution in [-0.2, 0) is 0 Å². The lowest BCUT2D eigenvalue weighted by Gasteiger charge is -2.30. The van der Waals surface area contributed by atoms with E-state index in [1.807, 2.05) is 12.3 Å². The van der Waals surface area contributed by atoms with E-state index < -0.39 is 12.1 Å². The molecule has 0 radical (unpaired) electrons. The van der Waals surface area contributed by atoms with Crippen molar-refractivity contribution in [2.45, 2.75) is 44.7 Å². The van der Waals surface area contributed by atoms with Gasteiger partial charge in [0.25, 0.3) is 5.56 Å². The van der Waals surface area contributed by atoms with Gasteiger partial charge < -0.3 is 0 Å². The molecule has 1 fully saturated rings. The van der Waals surface area contributed by atoms with E-state index in [1.54, 1.807) is 12.1 Å². The summed E-state index contributed by atoms with van der Waals surface area (Å²) < 4.78 is 41.2. The van der Waals surface area contributed by atoms with E-state index >= 15 is 0 Å². The molecule has 28 heavy (non-hydrogen) atoms. The SMILES string of the molecule is Cc1csc2c(=O)n(-c3ccc(Cl)nc3)c(C3CCC(C(F)(F)F)CC3)nc12. The van der Waals surface area contributed by atoms with Gasteiger partial charge in [-0.1, -0.05) is 11.6 Å². The number of fused-ring (bicyclic) bond motifs is 1. The summed E-state index contributed by atoms with van der Waals surface area (Å²) in [6, 6.07) is 3.26. The van der Waals surface area contributed by atoms with Gasteiger partial charge in [0.2, 0.25) is 0 Å². The van der Waals surface area contributed by atoms with E-state index in [-0.39, 0.29) is 24.3 Å². The summed E-state index contributed by atoms with van der Waals surface area (Å²) in [6.07, 6.45) is -1.92. The van der Waals surface area contributed by atoms with E-state index in [9.17, 15) is 18.0 Å². The Bertz CT molecular complexity index is 1070. The van der Waals surface area contributed by atoms with Crippen LogP contribution in [0.1, 0.15) is 43.0 Å². The van der Waals surface area contributed by atoms with Gasteiger partial charge in [-0.2, -0.15) is 13.2 Å². The zero-order valence-corrected chi connectivity index (χ0v) is 16.5. The molecule has 0 N–H and O–H groups in total. The van der Waals surface area contributed by atoms with Gasteiger partial charge in [0, 0.05) is 5.92 Å². The standard InChI is InChI=1S/C19H17ClF3N3OS/c1-10-9-28-16-15(10)25-17(11-2-4-12(5-3-11)19(21,22)23)26(18(16)27)13-6-7-14(20)24-8-13/h6-9,11-12H,2-5H2,1H3. The first kappa shape index (κ1) is 19.4. The first-order valence-corrected chi connectivity index (χ1v) is 10.2. The van der Waals surface area contributed by atoms with Crippen molar-refractivity contribution >= 4 is 33.2 Å². The van der Waals surface area contributed by atoms with Gasteiger partial charge in [0.05, 0.1) is 23.3 Å². The van der Waals surface area contributed by atoms with E-state index in [0.29, 0.717) is 39.7 Å². The molecule has 0 spiro atoms.